The standard InChI is InChI=1S/C16H24OS/c1-2-3-4-5-6-12-16-15(10-7-8-13-17)11-9-14-18-16/h2-4,9,11,13,15-16H,1,5-8,10,12,14H2/b4-3+. The summed E-state index contributed by atoms with van der Waals surface area (Å²) in [5.74, 6) is 1.82. The Labute approximate surface area is 115 Å². The molecule has 0 aromatic heterocycles. The zero-order valence-corrected chi connectivity index (χ0v) is 11.9. The first-order valence-corrected chi connectivity index (χ1v) is 7.92. The van der Waals surface area contributed by atoms with Crippen LogP contribution >= 0.6 is 11.8 Å². The van der Waals surface area contributed by atoms with Crippen molar-refractivity contribution in [2.24, 2.45) is 5.92 Å². The molecule has 2 atom stereocenters. The molecule has 1 aliphatic heterocycles. The van der Waals surface area contributed by atoms with Gasteiger partial charge >= 0.3 is 0 Å². The zero-order valence-electron chi connectivity index (χ0n) is 11.1. The number of allylic oxidation sites excluding steroid dienone is 4. The Kier molecular flexibility index (Phi) is 8.66. The maximum Gasteiger partial charge on any atom is 0.119 e. The first-order chi connectivity index (χ1) is 8.88. The fraction of sp³-hybridized carbons (Fsp3) is 0.562. The van der Waals surface area contributed by atoms with Crippen LogP contribution in [0.2, 0.25) is 0 Å². The minimum Gasteiger partial charge on any atom is -0.303 e. The molecule has 0 fully saturated rings. The second-order valence-corrected chi connectivity index (χ2v) is 5.93. The molecule has 0 bridgehead atoms. The highest BCUT2D eigenvalue weighted by Crippen LogP contribution is 2.33. The molecule has 1 nitrogen and oxygen atoms in total. The fourth-order valence-corrected chi connectivity index (χ4v) is 3.58. The number of hydrogen-bond acceptors (Lipinski definition) is 2. The molecule has 18 heavy (non-hydrogen) atoms. The molecule has 1 rings (SSSR count). The van der Waals surface area contributed by atoms with Crippen molar-refractivity contribution in [1.29, 1.82) is 0 Å². The molecule has 0 amide bonds. The van der Waals surface area contributed by atoms with Crippen LogP contribution in [0.4, 0.5) is 0 Å². The summed E-state index contributed by atoms with van der Waals surface area (Å²) in [4.78, 5) is 10.4. The highest BCUT2D eigenvalue weighted by Gasteiger charge is 2.21. The second-order valence-electron chi connectivity index (χ2n) is 4.66. The summed E-state index contributed by atoms with van der Waals surface area (Å²) in [5, 5.41) is 0.749. The van der Waals surface area contributed by atoms with E-state index in [0.717, 1.165) is 36.6 Å². The summed E-state index contributed by atoms with van der Waals surface area (Å²) in [6.07, 6.45) is 18.3. The molecule has 100 valence electrons. The number of rotatable bonds is 9. The van der Waals surface area contributed by atoms with Gasteiger partial charge in [0, 0.05) is 17.4 Å². The van der Waals surface area contributed by atoms with E-state index in [9.17, 15) is 4.79 Å². The maximum absolute atomic E-state index is 10.4. The normalized spacial score (nSPS) is 23.3. The van der Waals surface area contributed by atoms with E-state index in [-0.39, 0.29) is 0 Å². The van der Waals surface area contributed by atoms with E-state index in [1.165, 1.54) is 12.8 Å². The van der Waals surface area contributed by atoms with Crippen molar-refractivity contribution in [3.8, 4) is 0 Å². The SMILES string of the molecule is C=C/C=C/CCCC1SCC=CC1CCCC=O. The molecule has 0 radical (unpaired) electrons. The lowest BCUT2D eigenvalue weighted by atomic mass is 9.94. The maximum atomic E-state index is 10.4. The number of thioether (sulfide) groups is 1. The van der Waals surface area contributed by atoms with Crippen LogP contribution in [0.1, 0.15) is 38.5 Å². The quantitative estimate of drug-likeness (QED) is 0.263. The molecule has 0 spiro atoms. The third kappa shape index (κ3) is 6.25. The Morgan fingerprint density at radius 1 is 1.28 bits per heavy atom. The van der Waals surface area contributed by atoms with Crippen molar-refractivity contribution in [2.45, 2.75) is 43.8 Å². The van der Waals surface area contributed by atoms with Crippen LogP contribution in [0.5, 0.6) is 0 Å². The van der Waals surface area contributed by atoms with Gasteiger partial charge in [0.05, 0.1) is 0 Å². The second kappa shape index (κ2) is 10.2. The molecule has 0 aromatic carbocycles. The van der Waals surface area contributed by atoms with E-state index in [2.05, 4.69) is 36.6 Å². The first-order valence-electron chi connectivity index (χ1n) is 6.88. The minimum atomic E-state index is 0.673. The van der Waals surface area contributed by atoms with Crippen LogP contribution in [0.15, 0.2) is 37.0 Å². The monoisotopic (exact) mass is 264 g/mol. The van der Waals surface area contributed by atoms with Crippen LogP contribution in [0.25, 0.3) is 0 Å². The van der Waals surface area contributed by atoms with Gasteiger partial charge in [0.2, 0.25) is 0 Å². The first kappa shape index (κ1) is 15.3. The van der Waals surface area contributed by atoms with Crippen LogP contribution in [0.3, 0.4) is 0 Å². The molecule has 0 saturated carbocycles. The van der Waals surface area contributed by atoms with Crippen LogP contribution in [-0.4, -0.2) is 17.3 Å². The average molecular weight is 264 g/mol. The van der Waals surface area contributed by atoms with Crippen LogP contribution < -0.4 is 0 Å². The number of carbonyl (C=O) groups excluding carboxylic acids is 1. The molecule has 0 aliphatic carbocycles. The fourth-order valence-electron chi connectivity index (χ4n) is 2.30. The van der Waals surface area contributed by atoms with Gasteiger partial charge in [-0.05, 0) is 38.0 Å². The predicted octanol–water partition coefficient (Wildman–Crippen LogP) is 4.56. The number of hydrogen-bond donors (Lipinski definition) is 0. The Hall–Kier alpha value is -0.760. The smallest absolute Gasteiger partial charge is 0.119 e. The van der Waals surface area contributed by atoms with Crippen LogP contribution in [0, 0.1) is 5.92 Å². The molecule has 2 unspecified atom stereocenters. The lowest BCUT2D eigenvalue weighted by molar-refractivity contribution is -0.107. The summed E-state index contributed by atoms with van der Waals surface area (Å²) in [6, 6.07) is 0. The van der Waals surface area contributed by atoms with E-state index >= 15 is 0 Å². The van der Waals surface area contributed by atoms with E-state index in [1.54, 1.807) is 0 Å². The van der Waals surface area contributed by atoms with Gasteiger partial charge in [-0.25, -0.2) is 0 Å². The molecule has 0 aromatic rings. The zero-order chi connectivity index (χ0) is 13.1. The Bertz CT molecular complexity index is 293. The van der Waals surface area contributed by atoms with Gasteiger partial charge in [-0.1, -0.05) is 37.0 Å². The lowest BCUT2D eigenvalue weighted by Gasteiger charge is -2.27. The van der Waals surface area contributed by atoms with Crippen molar-refractivity contribution in [3.05, 3.63) is 37.0 Å². The summed E-state index contributed by atoms with van der Waals surface area (Å²) >= 11 is 2.07. The van der Waals surface area contributed by atoms with Crippen molar-refractivity contribution in [1.82, 2.24) is 0 Å². The highest BCUT2D eigenvalue weighted by atomic mass is 32.2. The van der Waals surface area contributed by atoms with Crippen molar-refractivity contribution < 1.29 is 4.79 Å². The van der Waals surface area contributed by atoms with E-state index < -0.39 is 0 Å². The van der Waals surface area contributed by atoms with Gasteiger partial charge in [-0.3, -0.25) is 0 Å². The molecule has 0 N–H and O–H groups in total. The Morgan fingerprint density at radius 2 is 2.11 bits per heavy atom. The summed E-state index contributed by atoms with van der Waals surface area (Å²) in [7, 11) is 0. The summed E-state index contributed by atoms with van der Waals surface area (Å²) in [6.45, 7) is 3.67. The average Bonchev–Trinajstić information content (AvgIpc) is 2.40. The third-order valence-corrected chi connectivity index (χ3v) is 4.66. The summed E-state index contributed by atoms with van der Waals surface area (Å²) in [5.41, 5.74) is 0. The van der Waals surface area contributed by atoms with Crippen molar-refractivity contribution in [3.63, 3.8) is 0 Å². The topological polar surface area (TPSA) is 17.1 Å². The van der Waals surface area contributed by atoms with Gasteiger partial charge in [0.25, 0.3) is 0 Å². The largest absolute Gasteiger partial charge is 0.303 e. The Morgan fingerprint density at radius 3 is 2.89 bits per heavy atom. The molecular weight excluding hydrogens is 240 g/mol. The summed E-state index contributed by atoms with van der Waals surface area (Å²) < 4.78 is 0. The van der Waals surface area contributed by atoms with Gasteiger partial charge in [0.1, 0.15) is 6.29 Å². The number of unbranched alkanes of at least 4 members (excludes halogenated alkanes) is 2. The molecule has 1 heterocycles. The van der Waals surface area contributed by atoms with Gasteiger partial charge in [-0.15, -0.1) is 0 Å². The van der Waals surface area contributed by atoms with Crippen molar-refractivity contribution >= 4 is 18.0 Å². The highest BCUT2D eigenvalue weighted by molar-refractivity contribution is 8.00. The van der Waals surface area contributed by atoms with E-state index in [4.69, 9.17) is 0 Å². The Balaban J connectivity index is 2.27. The van der Waals surface area contributed by atoms with Crippen molar-refractivity contribution in [2.75, 3.05) is 5.75 Å². The van der Waals surface area contributed by atoms with Gasteiger partial charge in [0.15, 0.2) is 0 Å². The predicted molar refractivity (Wildman–Crippen MR) is 82.0 cm³/mol. The van der Waals surface area contributed by atoms with Gasteiger partial charge < -0.3 is 4.79 Å². The molecule has 2 heteroatoms. The number of aldehydes is 1. The van der Waals surface area contributed by atoms with Gasteiger partial charge in [-0.2, -0.15) is 11.8 Å². The molecule has 0 saturated heterocycles. The van der Waals surface area contributed by atoms with E-state index in [1.807, 2.05) is 12.2 Å². The third-order valence-electron chi connectivity index (χ3n) is 3.26. The minimum absolute atomic E-state index is 0.673. The lowest BCUT2D eigenvalue weighted by Crippen LogP contribution is -2.19. The van der Waals surface area contributed by atoms with E-state index in [0.29, 0.717) is 12.3 Å². The molecular formula is C16H24OS. The van der Waals surface area contributed by atoms with Crippen LogP contribution in [-0.2, 0) is 4.79 Å². The number of carbonyl (C=O) groups is 1. The molecule has 1 aliphatic rings.